The second-order valence-corrected chi connectivity index (χ2v) is 7.97. The molecule has 30 heavy (non-hydrogen) atoms. The number of halogens is 2. The average molecular weight is 444 g/mol. The van der Waals surface area contributed by atoms with Gasteiger partial charge in [0.05, 0.1) is 15.6 Å². The van der Waals surface area contributed by atoms with Gasteiger partial charge in [0.15, 0.2) is 5.82 Å². The van der Waals surface area contributed by atoms with Crippen molar-refractivity contribution in [1.82, 2.24) is 20.5 Å². The van der Waals surface area contributed by atoms with Crippen molar-refractivity contribution in [3.63, 3.8) is 0 Å². The van der Waals surface area contributed by atoms with Crippen LogP contribution in [0.15, 0.2) is 42.5 Å². The molecule has 7 nitrogen and oxygen atoms in total. The van der Waals surface area contributed by atoms with Gasteiger partial charge in [0.1, 0.15) is 11.9 Å². The molecular weight excluding hydrogens is 425 g/mol. The van der Waals surface area contributed by atoms with E-state index in [-0.39, 0.29) is 21.5 Å². The summed E-state index contributed by atoms with van der Waals surface area (Å²) in [6, 6.07) is 11.2. The molecule has 1 saturated carbocycles. The van der Waals surface area contributed by atoms with Crippen molar-refractivity contribution >= 4 is 40.7 Å². The Labute approximate surface area is 183 Å². The number of benzene rings is 2. The van der Waals surface area contributed by atoms with Crippen LogP contribution in [0.2, 0.25) is 10.0 Å². The maximum Gasteiger partial charge on any atom is 0.253 e. The zero-order valence-corrected chi connectivity index (χ0v) is 17.6. The van der Waals surface area contributed by atoms with E-state index in [9.17, 15) is 9.59 Å². The molecule has 2 amide bonds. The average Bonchev–Trinajstić information content (AvgIpc) is 3.47. The van der Waals surface area contributed by atoms with E-state index in [0.717, 1.165) is 24.2 Å². The predicted molar refractivity (Wildman–Crippen MR) is 116 cm³/mol. The molecular formula is C21H19Cl2N5O2. The van der Waals surface area contributed by atoms with E-state index in [4.69, 9.17) is 23.2 Å². The van der Waals surface area contributed by atoms with Crippen molar-refractivity contribution in [2.45, 2.75) is 31.7 Å². The zero-order chi connectivity index (χ0) is 21.3. The molecule has 154 valence electrons. The summed E-state index contributed by atoms with van der Waals surface area (Å²) in [4.78, 5) is 29.4. The topological polar surface area (TPSA) is 99.8 Å². The lowest BCUT2D eigenvalue weighted by molar-refractivity contribution is -0.117. The number of anilines is 1. The number of nitrogens with one attached hydrogen (secondary N) is 3. The Morgan fingerprint density at radius 1 is 1.13 bits per heavy atom. The first kappa shape index (κ1) is 20.4. The van der Waals surface area contributed by atoms with Gasteiger partial charge in [0.2, 0.25) is 5.91 Å². The molecule has 9 heteroatoms. The van der Waals surface area contributed by atoms with Crippen LogP contribution in [-0.4, -0.2) is 33.0 Å². The number of aromatic nitrogens is 3. The normalized spacial score (nSPS) is 14.2. The first-order chi connectivity index (χ1) is 14.4. The van der Waals surface area contributed by atoms with Crippen LogP contribution in [0.3, 0.4) is 0 Å². The van der Waals surface area contributed by atoms with Gasteiger partial charge in [-0.3, -0.25) is 14.7 Å². The molecule has 0 bridgehead atoms. The van der Waals surface area contributed by atoms with Gasteiger partial charge in [-0.25, -0.2) is 4.98 Å². The minimum atomic E-state index is -0.777. The second kappa shape index (κ2) is 8.45. The molecule has 1 aliphatic carbocycles. The second-order valence-electron chi connectivity index (χ2n) is 7.18. The van der Waals surface area contributed by atoms with E-state index in [1.807, 2.05) is 12.1 Å². The summed E-state index contributed by atoms with van der Waals surface area (Å²) in [6.45, 7) is 1.59. The molecule has 1 atom stereocenters. The van der Waals surface area contributed by atoms with Gasteiger partial charge >= 0.3 is 0 Å². The number of H-pyrrole nitrogens is 1. The van der Waals surface area contributed by atoms with Crippen LogP contribution in [0, 0.1) is 0 Å². The van der Waals surface area contributed by atoms with Crippen LogP contribution in [-0.2, 0) is 4.79 Å². The standard InChI is InChI=1S/C21H19Cl2N5O2/c1-11(24-21(30)15-3-2-4-16(22)17(15)23)20(29)25-14-9-7-13(8-10-14)19-26-18(27-28-19)12-5-6-12/h2-4,7-12H,5-6H2,1H3,(H,24,30)(H,25,29)(H,26,27,28). The van der Waals surface area contributed by atoms with E-state index in [2.05, 4.69) is 25.8 Å². The maximum absolute atomic E-state index is 12.5. The van der Waals surface area contributed by atoms with E-state index >= 15 is 0 Å². The Morgan fingerprint density at radius 3 is 2.57 bits per heavy atom. The number of rotatable bonds is 6. The molecule has 0 aliphatic heterocycles. The van der Waals surface area contributed by atoms with E-state index in [0.29, 0.717) is 17.4 Å². The number of carbonyl (C=O) groups excluding carboxylic acids is 2. The quantitative estimate of drug-likeness (QED) is 0.524. The summed E-state index contributed by atoms with van der Waals surface area (Å²) in [7, 11) is 0. The molecule has 0 saturated heterocycles. The molecule has 0 spiro atoms. The summed E-state index contributed by atoms with van der Waals surface area (Å²) >= 11 is 12.0. The van der Waals surface area contributed by atoms with Crippen LogP contribution in [0.4, 0.5) is 5.69 Å². The number of nitrogens with zero attached hydrogens (tertiary/aromatic N) is 2. The van der Waals surface area contributed by atoms with Gasteiger partial charge in [-0.15, -0.1) is 0 Å². The summed E-state index contributed by atoms with van der Waals surface area (Å²) in [5.41, 5.74) is 1.67. The highest BCUT2D eigenvalue weighted by Crippen LogP contribution is 2.38. The number of amides is 2. The largest absolute Gasteiger partial charge is 0.340 e. The van der Waals surface area contributed by atoms with Gasteiger partial charge in [-0.2, -0.15) is 5.10 Å². The van der Waals surface area contributed by atoms with Crippen LogP contribution in [0.1, 0.15) is 41.9 Å². The first-order valence-electron chi connectivity index (χ1n) is 9.51. The number of hydrogen-bond acceptors (Lipinski definition) is 4. The Kier molecular flexibility index (Phi) is 5.74. The Bertz CT molecular complexity index is 1090. The minimum absolute atomic E-state index is 0.150. The highest BCUT2D eigenvalue weighted by atomic mass is 35.5. The Balaban J connectivity index is 1.36. The van der Waals surface area contributed by atoms with Crippen LogP contribution < -0.4 is 10.6 Å². The third-order valence-corrected chi connectivity index (χ3v) is 5.63. The van der Waals surface area contributed by atoms with Crippen molar-refractivity contribution in [3.8, 4) is 11.4 Å². The SMILES string of the molecule is CC(NC(=O)c1cccc(Cl)c1Cl)C(=O)Nc1ccc(-c2n[nH]c(C3CC3)n2)cc1. The number of aromatic amines is 1. The van der Waals surface area contributed by atoms with Gasteiger partial charge < -0.3 is 10.6 Å². The first-order valence-corrected chi connectivity index (χ1v) is 10.3. The van der Waals surface area contributed by atoms with Crippen molar-refractivity contribution in [3.05, 3.63) is 63.9 Å². The lowest BCUT2D eigenvalue weighted by atomic mass is 10.1. The minimum Gasteiger partial charge on any atom is -0.340 e. The molecule has 1 aliphatic rings. The lowest BCUT2D eigenvalue weighted by Crippen LogP contribution is -2.41. The van der Waals surface area contributed by atoms with Crippen LogP contribution in [0.5, 0.6) is 0 Å². The summed E-state index contributed by atoms with van der Waals surface area (Å²) < 4.78 is 0. The molecule has 1 heterocycles. The maximum atomic E-state index is 12.5. The fourth-order valence-electron chi connectivity index (χ4n) is 2.92. The van der Waals surface area contributed by atoms with E-state index in [1.165, 1.54) is 0 Å². The highest BCUT2D eigenvalue weighted by Gasteiger charge is 2.27. The fourth-order valence-corrected chi connectivity index (χ4v) is 3.30. The molecule has 2 aromatic carbocycles. The van der Waals surface area contributed by atoms with Gasteiger partial charge in [-0.05, 0) is 56.2 Å². The van der Waals surface area contributed by atoms with Crippen molar-refractivity contribution in [1.29, 1.82) is 0 Å². The molecule has 1 fully saturated rings. The predicted octanol–water partition coefficient (Wildman–Crippen LogP) is 4.41. The molecule has 3 N–H and O–H groups in total. The lowest BCUT2D eigenvalue weighted by Gasteiger charge is -2.15. The molecule has 3 aromatic rings. The zero-order valence-electron chi connectivity index (χ0n) is 16.1. The third kappa shape index (κ3) is 4.47. The Hall–Kier alpha value is -2.90. The molecule has 4 rings (SSSR count). The molecule has 0 radical (unpaired) electrons. The van der Waals surface area contributed by atoms with E-state index in [1.54, 1.807) is 37.3 Å². The third-order valence-electron chi connectivity index (χ3n) is 4.81. The summed E-state index contributed by atoms with van der Waals surface area (Å²) in [5.74, 6) is 1.23. The van der Waals surface area contributed by atoms with Gasteiger partial charge in [0, 0.05) is 17.2 Å². The van der Waals surface area contributed by atoms with Crippen LogP contribution in [0.25, 0.3) is 11.4 Å². The smallest absolute Gasteiger partial charge is 0.253 e. The number of hydrogen-bond donors (Lipinski definition) is 3. The van der Waals surface area contributed by atoms with Crippen molar-refractivity contribution in [2.75, 3.05) is 5.32 Å². The summed E-state index contributed by atoms with van der Waals surface area (Å²) in [5, 5.41) is 13.1. The fraction of sp³-hybridized carbons (Fsp3) is 0.238. The van der Waals surface area contributed by atoms with Crippen LogP contribution >= 0.6 is 23.2 Å². The molecule has 1 unspecified atom stereocenters. The Morgan fingerprint density at radius 2 is 1.87 bits per heavy atom. The molecule has 1 aromatic heterocycles. The summed E-state index contributed by atoms with van der Waals surface area (Å²) in [6.07, 6.45) is 2.30. The van der Waals surface area contributed by atoms with E-state index < -0.39 is 11.9 Å². The van der Waals surface area contributed by atoms with Gasteiger partial charge in [0.25, 0.3) is 5.91 Å². The monoisotopic (exact) mass is 443 g/mol. The van der Waals surface area contributed by atoms with Crippen molar-refractivity contribution < 1.29 is 9.59 Å². The van der Waals surface area contributed by atoms with Crippen molar-refractivity contribution in [2.24, 2.45) is 0 Å². The highest BCUT2D eigenvalue weighted by molar-refractivity contribution is 6.43. The number of carbonyl (C=O) groups is 2. The van der Waals surface area contributed by atoms with Gasteiger partial charge in [-0.1, -0.05) is 29.3 Å².